The van der Waals surface area contributed by atoms with E-state index in [0.717, 1.165) is 37.1 Å². The fraction of sp³-hybridized carbons (Fsp3) is 0.750. The lowest BCUT2D eigenvalue weighted by Gasteiger charge is -2.31. The normalized spacial score (nSPS) is 16.9. The Morgan fingerprint density at radius 1 is 1.10 bits per heavy atom. The van der Waals surface area contributed by atoms with Crippen LogP contribution in [0.2, 0.25) is 0 Å². The minimum absolute atomic E-state index is 0.759. The van der Waals surface area contributed by atoms with Gasteiger partial charge in [0.25, 0.3) is 0 Å². The van der Waals surface area contributed by atoms with Gasteiger partial charge in [0.05, 0.1) is 0 Å². The molecule has 0 radical (unpaired) electrons. The Bertz CT molecular complexity index is 427. The fourth-order valence-electron chi connectivity index (χ4n) is 2.97. The van der Waals surface area contributed by atoms with Crippen molar-refractivity contribution in [1.29, 1.82) is 0 Å². The molecule has 0 bridgehead atoms. The first-order chi connectivity index (χ1) is 10.3. The first-order valence-electron chi connectivity index (χ1n) is 8.32. The molecule has 1 aromatic rings. The lowest BCUT2D eigenvalue weighted by atomic mass is 9.97. The smallest absolute Gasteiger partial charge is 0.134 e. The molecule has 0 unspecified atom stereocenters. The van der Waals surface area contributed by atoms with Crippen molar-refractivity contribution in [3.63, 3.8) is 0 Å². The van der Waals surface area contributed by atoms with Gasteiger partial charge >= 0.3 is 0 Å². The van der Waals surface area contributed by atoms with Crippen LogP contribution in [0.3, 0.4) is 0 Å². The van der Waals surface area contributed by atoms with Crippen molar-refractivity contribution in [3.05, 3.63) is 11.9 Å². The van der Waals surface area contributed by atoms with Crippen molar-refractivity contribution in [2.75, 3.05) is 43.4 Å². The first kappa shape index (κ1) is 16.0. The molecule has 1 aliphatic heterocycles. The molecule has 1 aromatic heterocycles. The molecule has 0 aliphatic carbocycles. The monoisotopic (exact) mass is 291 g/mol. The van der Waals surface area contributed by atoms with Crippen LogP contribution in [0.5, 0.6) is 0 Å². The van der Waals surface area contributed by atoms with Gasteiger partial charge in [-0.1, -0.05) is 13.8 Å². The van der Waals surface area contributed by atoms with E-state index < -0.39 is 0 Å². The number of piperidine rings is 1. The summed E-state index contributed by atoms with van der Waals surface area (Å²) < 4.78 is 0. The molecule has 0 saturated carbocycles. The molecule has 0 amide bonds. The topological polar surface area (TPSA) is 53.1 Å². The number of rotatable bonds is 7. The number of anilines is 2. The van der Waals surface area contributed by atoms with Crippen LogP contribution in [0.1, 0.15) is 39.2 Å². The van der Waals surface area contributed by atoms with Gasteiger partial charge in [0.2, 0.25) is 0 Å². The molecule has 0 spiro atoms. The summed E-state index contributed by atoms with van der Waals surface area (Å²) in [6.45, 7) is 12.0. The summed E-state index contributed by atoms with van der Waals surface area (Å²) in [5.74, 6) is 2.73. The lowest BCUT2D eigenvalue weighted by molar-refractivity contribution is 0.198. The summed E-state index contributed by atoms with van der Waals surface area (Å²) in [5, 5.41) is 6.88. The van der Waals surface area contributed by atoms with Gasteiger partial charge in [0.1, 0.15) is 18.0 Å². The summed E-state index contributed by atoms with van der Waals surface area (Å²) >= 11 is 0. The van der Waals surface area contributed by atoms with Crippen molar-refractivity contribution >= 4 is 11.6 Å². The highest BCUT2D eigenvalue weighted by molar-refractivity contribution is 5.57. The second-order valence-corrected chi connectivity index (χ2v) is 5.69. The molecule has 2 N–H and O–H groups in total. The maximum Gasteiger partial charge on any atom is 0.134 e. The Balaban J connectivity index is 1.92. The van der Waals surface area contributed by atoms with Gasteiger partial charge in [-0.25, -0.2) is 9.97 Å². The second-order valence-electron chi connectivity index (χ2n) is 5.69. The maximum absolute atomic E-state index is 4.44. The summed E-state index contributed by atoms with van der Waals surface area (Å²) in [4.78, 5) is 11.3. The minimum atomic E-state index is 0.759. The van der Waals surface area contributed by atoms with Crippen LogP contribution in [0.4, 0.5) is 11.6 Å². The van der Waals surface area contributed by atoms with Crippen molar-refractivity contribution in [2.45, 2.75) is 40.0 Å². The standard InChI is InChI=1S/C16H29N5/c1-4-14-15(17-5-2)19-12-20-16(14)18-11-13-7-9-21(6-3)10-8-13/h12-13H,4-11H2,1-3H3,(H2,17,18,19,20). The summed E-state index contributed by atoms with van der Waals surface area (Å²) in [6, 6.07) is 0. The van der Waals surface area contributed by atoms with Crippen LogP contribution in [0, 0.1) is 5.92 Å². The van der Waals surface area contributed by atoms with E-state index in [9.17, 15) is 0 Å². The third-order valence-corrected chi connectivity index (χ3v) is 4.36. The third kappa shape index (κ3) is 4.30. The van der Waals surface area contributed by atoms with E-state index >= 15 is 0 Å². The molecule has 5 nitrogen and oxygen atoms in total. The maximum atomic E-state index is 4.44. The van der Waals surface area contributed by atoms with Crippen molar-refractivity contribution in [3.8, 4) is 0 Å². The lowest BCUT2D eigenvalue weighted by Crippen LogP contribution is -2.35. The van der Waals surface area contributed by atoms with E-state index in [1.807, 2.05) is 0 Å². The van der Waals surface area contributed by atoms with E-state index in [0.29, 0.717) is 0 Å². The van der Waals surface area contributed by atoms with E-state index in [-0.39, 0.29) is 0 Å². The largest absolute Gasteiger partial charge is 0.370 e. The van der Waals surface area contributed by atoms with Gasteiger partial charge in [-0.3, -0.25) is 0 Å². The predicted octanol–water partition coefficient (Wildman–Crippen LogP) is 2.61. The highest BCUT2D eigenvalue weighted by atomic mass is 15.1. The van der Waals surface area contributed by atoms with Gasteiger partial charge in [-0.15, -0.1) is 0 Å². The Labute approximate surface area is 128 Å². The van der Waals surface area contributed by atoms with Gasteiger partial charge in [-0.2, -0.15) is 0 Å². The van der Waals surface area contributed by atoms with Gasteiger partial charge in [-0.05, 0) is 51.7 Å². The number of nitrogens with one attached hydrogen (secondary N) is 2. The molecule has 0 atom stereocenters. The number of nitrogens with zero attached hydrogens (tertiary/aromatic N) is 3. The molecule has 2 rings (SSSR count). The average molecular weight is 291 g/mol. The van der Waals surface area contributed by atoms with E-state index in [1.54, 1.807) is 6.33 Å². The van der Waals surface area contributed by atoms with E-state index in [4.69, 9.17) is 0 Å². The van der Waals surface area contributed by atoms with Crippen molar-refractivity contribution in [2.24, 2.45) is 5.92 Å². The molecular formula is C16H29N5. The SMILES string of the molecule is CCNc1ncnc(NCC2CCN(CC)CC2)c1CC. The molecule has 5 heteroatoms. The highest BCUT2D eigenvalue weighted by Crippen LogP contribution is 2.22. The zero-order valence-electron chi connectivity index (χ0n) is 13.7. The summed E-state index contributed by atoms with van der Waals surface area (Å²) in [6.07, 6.45) is 5.17. The van der Waals surface area contributed by atoms with Crippen molar-refractivity contribution in [1.82, 2.24) is 14.9 Å². The van der Waals surface area contributed by atoms with Crippen molar-refractivity contribution < 1.29 is 0 Å². The van der Waals surface area contributed by atoms with E-state index in [1.165, 1.54) is 38.0 Å². The van der Waals surface area contributed by atoms with Crippen LogP contribution < -0.4 is 10.6 Å². The number of likely N-dealkylation sites (tertiary alicyclic amines) is 1. The van der Waals surface area contributed by atoms with Gasteiger partial charge < -0.3 is 15.5 Å². The molecular weight excluding hydrogens is 262 g/mol. The molecule has 1 aliphatic rings. The quantitative estimate of drug-likeness (QED) is 0.809. The molecule has 1 fully saturated rings. The first-order valence-corrected chi connectivity index (χ1v) is 8.32. The summed E-state index contributed by atoms with van der Waals surface area (Å²) in [5.41, 5.74) is 1.20. The number of aromatic nitrogens is 2. The zero-order chi connectivity index (χ0) is 15.1. The average Bonchev–Trinajstić information content (AvgIpc) is 2.54. The Hall–Kier alpha value is -1.36. The Morgan fingerprint density at radius 3 is 2.33 bits per heavy atom. The molecule has 2 heterocycles. The van der Waals surface area contributed by atoms with Gasteiger partial charge in [0.15, 0.2) is 0 Å². The predicted molar refractivity (Wildman–Crippen MR) is 88.9 cm³/mol. The van der Waals surface area contributed by atoms with E-state index in [2.05, 4.69) is 46.3 Å². The number of hydrogen-bond donors (Lipinski definition) is 2. The van der Waals surface area contributed by atoms with Crippen LogP contribution in [0.25, 0.3) is 0 Å². The summed E-state index contributed by atoms with van der Waals surface area (Å²) in [7, 11) is 0. The van der Waals surface area contributed by atoms with Crippen LogP contribution >= 0.6 is 0 Å². The minimum Gasteiger partial charge on any atom is -0.370 e. The molecule has 21 heavy (non-hydrogen) atoms. The van der Waals surface area contributed by atoms with Crippen LogP contribution in [0.15, 0.2) is 6.33 Å². The number of hydrogen-bond acceptors (Lipinski definition) is 5. The van der Waals surface area contributed by atoms with Gasteiger partial charge in [0, 0.05) is 18.7 Å². The molecule has 1 saturated heterocycles. The molecule has 118 valence electrons. The highest BCUT2D eigenvalue weighted by Gasteiger charge is 2.18. The van der Waals surface area contributed by atoms with Crippen LogP contribution in [-0.4, -0.2) is 47.6 Å². The fourth-order valence-corrected chi connectivity index (χ4v) is 2.97. The molecule has 0 aromatic carbocycles. The Kier molecular flexibility index (Phi) is 6.23. The zero-order valence-corrected chi connectivity index (χ0v) is 13.7. The third-order valence-electron chi connectivity index (χ3n) is 4.36. The second kappa shape index (κ2) is 8.17. The Morgan fingerprint density at radius 2 is 1.76 bits per heavy atom. The van der Waals surface area contributed by atoms with Crippen LogP contribution in [-0.2, 0) is 6.42 Å².